The van der Waals surface area contributed by atoms with Gasteiger partial charge in [-0.1, -0.05) is 30.3 Å². The molecule has 0 saturated carbocycles. The van der Waals surface area contributed by atoms with Gasteiger partial charge in [-0.2, -0.15) is 0 Å². The number of thioether (sulfide) groups is 1. The highest BCUT2D eigenvalue weighted by Crippen LogP contribution is 2.28. The number of hydrogen-bond acceptors (Lipinski definition) is 5. The molecule has 2 aromatic heterocycles. The fourth-order valence-corrected chi connectivity index (χ4v) is 4.54. The van der Waals surface area contributed by atoms with Crippen molar-refractivity contribution in [3.05, 3.63) is 58.1 Å². The Labute approximate surface area is 193 Å². The Bertz CT molecular complexity index is 1050. The maximum Gasteiger partial charge on any atom is 0.196 e. The predicted octanol–water partition coefficient (Wildman–Crippen LogP) is 5.35. The van der Waals surface area contributed by atoms with Crippen LogP contribution in [-0.2, 0) is 6.54 Å². The maximum absolute atomic E-state index is 13.0. The predicted molar refractivity (Wildman–Crippen MR) is 128 cm³/mol. The lowest BCUT2D eigenvalue weighted by molar-refractivity contribution is 0.102. The zero-order chi connectivity index (χ0) is 22.7. The molecule has 1 aromatic carbocycles. The molecule has 3 aromatic rings. The third-order valence-electron chi connectivity index (χ3n) is 5.55. The molecule has 0 fully saturated rings. The highest BCUT2D eigenvalue weighted by atomic mass is 35.5. The Kier molecular flexibility index (Phi) is 7.62. The molecule has 0 aliphatic rings. The quantitative estimate of drug-likeness (QED) is 0.319. The molecule has 6 nitrogen and oxygen atoms in total. The van der Waals surface area contributed by atoms with Crippen LogP contribution in [0.25, 0.3) is 5.69 Å². The fraction of sp³-hybridized carbons (Fsp3) is 0.435. The van der Waals surface area contributed by atoms with Gasteiger partial charge in [0.15, 0.2) is 16.8 Å². The average Bonchev–Trinajstić information content (AvgIpc) is 3.28. The normalized spacial score (nSPS) is 12.5. The first kappa shape index (κ1) is 23.6. The van der Waals surface area contributed by atoms with E-state index < -0.39 is 0 Å². The number of nitrogens with zero attached hydrogens (tertiary/aromatic N) is 5. The van der Waals surface area contributed by atoms with Gasteiger partial charge in [0.05, 0.1) is 11.8 Å². The lowest BCUT2D eigenvalue weighted by Crippen LogP contribution is -2.20. The number of hydrogen-bond donors (Lipinski definition) is 0. The molecule has 0 spiro atoms. The number of rotatable bonds is 9. The van der Waals surface area contributed by atoms with Gasteiger partial charge in [-0.05, 0) is 71.6 Å². The molecule has 0 aliphatic heterocycles. The zero-order valence-corrected chi connectivity index (χ0v) is 20.6. The van der Waals surface area contributed by atoms with Gasteiger partial charge < -0.3 is 4.57 Å². The minimum atomic E-state index is 0.0567. The van der Waals surface area contributed by atoms with E-state index >= 15 is 0 Å². The van der Waals surface area contributed by atoms with Crippen LogP contribution in [0.2, 0.25) is 5.02 Å². The van der Waals surface area contributed by atoms with Gasteiger partial charge in [0.2, 0.25) is 0 Å². The monoisotopic (exact) mass is 459 g/mol. The molecule has 1 unspecified atom stereocenters. The minimum absolute atomic E-state index is 0.0567. The van der Waals surface area contributed by atoms with Crippen LogP contribution in [0, 0.1) is 13.8 Å². The van der Waals surface area contributed by atoms with E-state index in [1.165, 1.54) is 11.8 Å². The molecule has 0 bridgehead atoms. The first-order valence-corrected chi connectivity index (χ1v) is 11.8. The summed E-state index contributed by atoms with van der Waals surface area (Å²) in [6.07, 6.45) is 1.04. The summed E-state index contributed by atoms with van der Waals surface area (Å²) in [4.78, 5) is 15.1. The van der Waals surface area contributed by atoms with Crippen molar-refractivity contribution in [3.8, 4) is 5.69 Å². The largest absolute Gasteiger partial charge is 0.348 e. The number of halogens is 1. The Morgan fingerprint density at radius 1 is 1.19 bits per heavy atom. The van der Waals surface area contributed by atoms with Crippen molar-refractivity contribution < 1.29 is 4.79 Å². The third kappa shape index (κ3) is 5.05. The van der Waals surface area contributed by atoms with Gasteiger partial charge in [0.1, 0.15) is 0 Å². The lowest BCUT2D eigenvalue weighted by Gasteiger charge is -2.20. The molecular weight excluding hydrogens is 430 g/mol. The van der Waals surface area contributed by atoms with E-state index in [0.29, 0.717) is 15.9 Å². The summed E-state index contributed by atoms with van der Waals surface area (Å²) < 4.78 is 4.23. The van der Waals surface area contributed by atoms with E-state index in [0.717, 1.165) is 41.4 Å². The van der Waals surface area contributed by atoms with Crippen molar-refractivity contribution in [2.45, 2.75) is 51.9 Å². The third-order valence-corrected chi connectivity index (χ3v) is 6.73. The van der Waals surface area contributed by atoms with Crippen LogP contribution in [-0.4, -0.2) is 49.9 Å². The molecule has 0 radical (unpaired) electrons. The smallest absolute Gasteiger partial charge is 0.196 e. The van der Waals surface area contributed by atoms with Gasteiger partial charge in [0.25, 0.3) is 0 Å². The van der Waals surface area contributed by atoms with E-state index in [4.69, 9.17) is 11.6 Å². The summed E-state index contributed by atoms with van der Waals surface area (Å²) in [6, 6.07) is 9.65. The van der Waals surface area contributed by atoms with Gasteiger partial charge in [-0.25, -0.2) is 0 Å². The number of aryl methyl sites for hydroxylation is 1. The summed E-state index contributed by atoms with van der Waals surface area (Å²) >= 11 is 7.50. The molecule has 0 N–H and O–H groups in total. The van der Waals surface area contributed by atoms with Gasteiger partial charge in [0, 0.05) is 34.2 Å². The highest BCUT2D eigenvalue weighted by molar-refractivity contribution is 7.99. The molecule has 31 heavy (non-hydrogen) atoms. The van der Waals surface area contributed by atoms with Crippen LogP contribution in [0.1, 0.15) is 53.9 Å². The summed E-state index contributed by atoms with van der Waals surface area (Å²) in [6.45, 7) is 9.23. The lowest BCUT2D eigenvalue weighted by atomic mass is 10.2. The Morgan fingerprint density at radius 3 is 2.48 bits per heavy atom. The van der Waals surface area contributed by atoms with E-state index in [9.17, 15) is 4.79 Å². The molecule has 2 heterocycles. The molecule has 0 aliphatic carbocycles. The Hall–Kier alpha value is -2.09. The maximum atomic E-state index is 13.0. The number of carbonyl (C=O) groups excluding carboxylic acids is 1. The Balaban J connectivity index is 1.89. The zero-order valence-electron chi connectivity index (χ0n) is 19.0. The van der Waals surface area contributed by atoms with Crippen LogP contribution >= 0.6 is 23.4 Å². The first-order chi connectivity index (χ1) is 14.7. The molecule has 0 saturated heterocycles. The van der Waals surface area contributed by atoms with E-state index in [1.54, 1.807) is 0 Å². The fourth-order valence-electron chi connectivity index (χ4n) is 3.57. The van der Waals surface area contributed by atoms with Crippen molar-refractivity contribution in [1.29, 1.82) is 0 Å². The second kappa shape index (κ2) is 10.0. The van der Waals surface area contributed by atoms with Crippen LogP contribution < -0.4 is 0 Å². The van der Waals surface area contributed by atoms with E-state index in [-0.39, 0.29) is 11.8 Å². The second-order valence-electron chi connectivity index (χ2n) is 7.94. The van der Waals surface area contributed by atoms with Gasteiger partial charge in [-0.15, -0.1) is 10.2 Å². The van der Waals surface area contributed by atoms with Crippen LogP contribution in [0.15, 0.2) is 35.5 Å². The standard InChI is InChI=1S/C23H30ClN5OS/c1-7-12-28-15(2)13-20(16(28)3)21(30)14-31-23-26-25-22(17(4)27(5)6)29(23)19-10-8-18(24)9-11-19/h8-11,13,17H,7,12,14H2,1-6H3. The second-order valence-corrected chi connectivity index (χ2v) is 9.32. The number of ketones is 1. The summed E-state index contributed by atoms with van der Waals surface area (Å²) in [7, 11) is 4.02. The van der Waals surface area contributed by atoms with Gasteiger partial charge in [-0.3, -0.25) is 14.3 Å². The summed E-state index contributed by atoms with van der Waals surface area (Å²) in [5.41, 5.74) is 3.87. The van der Waals surface area contributed by atoms with Crippen molar-refractivity contribution in [2.75, 3.05) is 19.8 Å². The van der Waals surface area contributed by atoms with Crippen molar-refractivity contribution in [3.63, 3.8) is 0 Å². The van der Waals surface area contributed by atoms with E-state index in [1.807, 2.05) is 55.9 Å². The summed E-state index contributed by atoms with van der Waals surface area (Å²) in [5, 5.41) is 10.2. The minimum Gasteiger partial charge on any atom is -0.348 e. The average molecular weight is 460 g/mol. The first-order valence-electron chi connectivity index (χ1n) is 10.4. The van der Waals surface area contributed by atoms with E-state index in [2.05, 4.69) is 40.4 Å². The number of Topliss-reactive ketones (excluding diaryl/α,β-unsaturated/α-hetero) is 1. The number of benzene rings is 1. The van der Waals surface area contributed by atoms with Crippen molar-refractivity contribution >= 4 is 29.1 Å². The SMILES string of the molecule is CCCn1c(C)cc(C(=O)CSc2nnc(C(C)N(C)C)n2-c2ccc(Cl)cc2)c1C. The van der Waals surface area contributed by atoms with Crippen LogP contribution in [0.3, 0.4) is 0 Å². The molecular formula is C23H30ClN5OS. The van der Waals surface area contributed by atoms with Crippen LogP contribution in [0.4, 0.5) is 0 Å². The highest BCUT2D eigenvalue weighted by Gasteiger charge is 2.22. The molecule has 0 amide bonds. The van der Waals surface area contributed by atoms with Crippen molar-refractivity contribution in [2.24, 2.45) is 0 Å². The van der Waals surface area contributed by atoms with Gasteiger partial charge >= 0.3 is 0 Å². The molecule has 8 heteroatoms. The molecule has 3 rings (SSSR count). The number of aromatic nitrogens is 4. The molecule has 166 valence electrons. The van der Waals surface area contributed by atoms with Crippen molar-refractivity contribution in [1.82, 2.24) is 24.2 Å². The molecule has 1 atom stereocenters. The van der Waals surface area contributed by atoms with Crippen LogP contribution in [0.5, 0.6) is 0 Å². The Morgan fingerprint density at radius 2 is 1.87 bits per heavy atom. The number of carbonyl (C=O) groups is 1. The topological polar surface area (TPSA) is 56.0 Å². The summed E-state index contributed by atoms with van der Waals surface area (Å²) in [5.74, 6) is 1.23.